The van der Waals surface area contributed by atoms with Gasteiger partial charge in [-0.15, -0.1) is 0 Å². The summed E-state index contributed by atoms with van der Waals surface area (Å²) in [6.07, 6.45) is -4.47. The molecule has 0 saturated carbocycles. The predicted octanol–water partition coefficient (Wildman–Crippen LogP) is 3.24. The van der Waals surface area contributed by atoms with Gasteiger partial charge in [0.15, 0.2) is 0 Å². The van der Waals surface area contributed by atoms with Gasteiger partial charge in [0.05, 0.1) is 4.92 Å². The molecule has 1 aliphatic heterocycles. The van der Waals surface area contributed by atoms with Crippen LogP contribution < -0.4 is 0 Å². The highest BCUT2D eigenvalue weighted by atomic mass is 19.4. The molecule has 1 atom stereocenters. The van der Waals surface area contributed by atoms with Gasteiger partial charge in [-0.3, -0.25) is 14.9 Å². The van der Waals surface area contributed by atoms with Gasteiger partial charge < -0.3 is 5.11 Å². The molecule has 0 spiro atoms. The van der Waals surface area contributed by atoms with Crippen LogP contribution in [0.5, 0.6) is 0 Å². The van der Waals surface area contributed by atoms with Gasteiger partial charge >= 0.3 is 6.18 Å². The number of nitrogens with zero attached hydrogens (tertiary/aromatic N) is 3. The number of rotatable bonds is 5. The summed E-state index contributed by atoms with van der Waals surface area (Å²) < 4.78 is 40.0. The third-order valence-electron chi connectivity index (χ3n) is 3.81. The van der Waals surface area contributed by atoms with Crippen LogP contribution in [-0.4, -0.2) is 38.6 Å². The van der Waals surface area contributed by atoms with Crippen LogP contribution in [0, 0.1) is 10.1 Å². The number of alkyl halides is 3. The van der Waals surface area contributed by atoms with Gasteiger partial charge in [-0.2, -0.15) is 23.3 Å². The quantitative estimate of drug-likeness (QED) is 0.645. The van der Waals surface area contributed by atoms with E-state index in [1.165, 1.54) is 6.07 Å². The van der Waals surface area contributed by atoms with E-state index in [1.54, 1.807) is 0 Å². The van der Waals surface area contributed by atoms with Crippen LogP contribution in [0.25, 0.3) is 0 Å². The Bertz CT molecular complexity index is 720. The predicted molar refractivity (Wildman–Crippen MR) is 81.8 cm³/mol. The van der Waals surface area contributed by atoms with Crippen molar-refractivity contribution < 1.29 is 28.0 Å². The van der Waals surface area contributed by atoms with E-state index in [0.717, 1.165) is 18.2 Å². The van der Waals surface area contributed by atoms with Crippen molar-refractivity contribution >= 4 is 17.3 Å². The topological polar surface area (TPSA) is 96.0 Å². The molecule has 1 aromatic carbocycles. The Balaban J connectivity index is 2.40. The van der Waals surface area contributed by atoms with Gasteiger partial charge in [-0.1, -0.05) is 19.4 Å². The van der Waals surface area contributed by atoms with E-state index in [2.05, 4.69) is 5.10 Å². The van der Waals surface area contributed by atoms with E-state index >= 15 is 0 Å². The summed E-state index contributed by atoms with van der Waals surface area (Å²) in [7, 11) is 0. The number of halogens is 3. The van der Waals surface area contributed by atoms with Crippen molar-refractivity contribution in [2.45, 2.75) is 44.5 Å². The van der Waals surface area contributed by atoms with Crippen LogP contribution in [0.3, 0.4) is 0 Å². The lowest BCUT2D eigenvalue weighted by atomic mass is 10.0. The number of aliphatic hydroxyl groups is 1. The Hall–Kier alpha value is -2.49. The highest BCUT2D eigenvalue weighted by Crippen LogP contribution is 2.41. The molecule has 7 nitrogen and oxygen atoms in total. The molecule has 0 aliphatic carbocycles. The molecule has 10 heteroatoms. The zero-order valence-electron chi connectivity index (χ0n) is 13.3. The number of nitro groups is 1. The fourth-order valence-electron chi connectivity index (χ4n) is 2.45. The summed E-state index contributed by atoms with van der Waals surface area (Å²) in [6, 6.07) is 4.26. The van der Waals surface area contributed by atoms with Crippen molar-refractivity contribution in [1.82, 2.24) is 5.01 Å². The molecule has 136 valence electrons. The second kappa shape index (κ2) is 6.79. The smallest absolute Gasteiger partial charge is 0.362 e. The van der Waals surface area contributed by atoms with E-state index < -0.39 is 34.8 Å². The summed E-state index contributed by atoms with van der Waals surface area (Å²) in [4.78, 5) is 22.4. The first kappa shape index (κ1) is 18.8. The summed E-state index contributed by atoms with van der Waals surface area (Å²) >= 11 is 0. The van der Waals surface area contributed by atoms with Crippen molar-refractivity contribution in [1.29, 1.82) is 0 Å². The molecule has 0 bridgehead atoms. The average Bonchev–Trinajstić information content (AvgIpc) is 2.90. The number of hydrazone groups is 1. The molecule has 0 fully saturated rings. The average molecular weight is 359 g/mol. The zero-order valence-corrected chi connectivity index (χ0v) is 13.3. The molecule has 2 rings (SSSR count). The minimum Gasteiger partial charge on any atom is -0.362 e. The highest BCUT2D eigenvalue weighted by molar-refractivity contribution is 5.98. The molecule has 0 radical (unpaired) electrons. The molecule has 0 saturated heterocycles. The lowest BCUT2D eigenvalue weighted by Gasteiger charge is -2.32. The van der Waals surface area contributed by atoms with Crippen LogP contribution >= 0.6 is 0 Å². The number of amides is 1. The Morgan fingerprint density at radius 3 is 2.72 bits per heavy atom. The number of hydrogen-bond acceptors (Lipinski definition) is 5. The van der Waals surface area contributed by atoms with E-state index in [0.29, 0.717) is 12.8 Å². The maximum absolute atomic E-state index is 13.3. The van der Waals surface area contributed by atoms with E-state index in [9.17, 15) is 33.2 Å². The summed E-state index contributed by atoms with van der Waals surface area (Å²) in [6.45, 7) is 1.84. The Labute approximate surface area is 140 Å². The van der Waals surface area contributed by atoms with Crippen molar-refractivity contribution in [2.24, 2.45) is 5.10 Å². The molecule has 1 aromatic rings. The van der Waals surface area contributed by atoms with Crippen molar-refractivity contribution in [3.8, 4) is 0 Å². The number of carbonyl (C=O) groups excluding carboxylic acids is 1. The largest absolute Gasteiger partial charge is 0.438 e. The van der Waals surface area contributed by atoms with Crippen molar-refractivity contribution in [3.05, 3.63) is 39.9 Å². The Morgan fingerprint density at radius 2 is 2.16 bits per heavy atom. The first-order valence-electron chi connectivity index (χ1n) is 7.54. The Morgan fingerprint density at radius 1 is 1.48 bits per heavy atom. The number of carbonyl (C=O) groups is 1. The fourth-order valence-corrected chi connectivity index (χ4v) is 2.45. The summed E-state index contributed by atoms with van der Waals surface area (Å²) in [5.74, 6) is -1.25. The van der Waals surface area contributed by atoms with Crippen molar-refractivity contribution in [3.63, 3.8) is 0 Å². The Kier molecular flexibility index (Phi) is 5.12. The van der Waals surface area contributed by atoms with Crippen LogP contribution in [0.2, 0.25) is 0 Å². The van der Waals surface area contributed by atoms with Gasteiger partial charge in [-0.05, 0) is 18.9 Å². The standard InChI is InChI=1S/C15H16F3N3O4/c1-2-3-6-11-9-14(23,15(16,17)18)20(19-11)13(22)10-5-4-7-12(8-10)21(24)25/h4-5,7-8,23H,2-3,6,9H2,1H3/t14-/m1/s1. The molecule has 0 unspecified atom stereocenters. The molecule has 1 aliphatic rings. The number of hydrogen-bond donors (Lipinski definition) is 1. The fraction of sp³-hybridized carbons (Fsp3) is 0.467. The van der Waals surface area contributed by atoms with Crippen LogP contribution in [0.1, 0.15) is 43.0 Å². The molecular formula is C15H16F3N3O4. The first-order chi connectivity index (χ1) is 11.6. The van der Waals surface area contributed by atoms with E-state index in [4.69, 9.17) is 0 Å². The third kappa shape index (κ3) is 3.63. The summed E-state index contributed by atoms with van der Waals surface area (Å²) in [5.41, 5.74) is -4.22. The zero-order chi connectivity index (χ0) is 18.8. The monoisotopic (exact) mass is 359 g/mol. The number of benzene rings is 1. The van der Waals surface area contributed by atoms with Crippen LogP contribution in [0.15, 0.2) is 29.4 Å². The SMILES string of the molecule is CCCCC1=NN(C(=O)c2cccc([N+](=O)[O-])c2)[C@](O)(C(F)(F)F)C1. The van der Waals surface area contributed by atoms with Crippen molar-refractivity contribution in [2.75, 3.05) is 0 Å². The third-order valence-corrected chi connectivity index (χ3v) is 3.81. The van der Waals surface area contributed by atoms with E-state index in [-0.39, 0.29) is 22.7 Å². The first-order valence-corrected chi connectivity index (χ1v) is 7.54. The number of non-ortho nitro benzene ring substituents is 1. The highest BCUT2D eigenvalue weighted by Gasteiger charge is 2.63. The van der Waals surface area contributed by atoms with Crippen LogP contribution in [-0.2, 0) is 0 Å². The normalized spacial score (nSPS) is 20.5. The summed E-state index contributed by atoms with van der Waals surface area (Å²) in [5, 5.41) is 24.5. The minimum atomic E-state index is -5.12. The van der Waals surface area contributed by atoms with Gasteiger partial charge in [-0.25, -0.2) is 0 Å². The molecule has 1 heterocycles. The lowest BCUT2D eigenvalue weighted by Crippen LogP contribution is -2.56. The molecular weight excluding hydrogens is 343 g/mol. The van der Waals surface area contributed by atoms with Gasteiger partial charge in [0.2, 0.25) is 0 Å². The minimum absolute atomic E-state index is 0.0168. The van der Waals surface area contributed by atoms with Gasteiger partial charge in [0.1, 0.15) is 0 Å². The molecule has 1 amide bonds. The molecule has 25 heavy (non-hydrogen) atoms. The lowest BCUT2D eigenvalue weighted by molar-refractivity contribution is -0.384. The van der Waals surface area contributed by atoms with Crippen LogP contribution in [0.4, 0.5) is 18.9 Å². The maximum Gasteiger partial charge on any atom is 0.438 e. The second-order valence-electron chi connectivity index (χ2n) is 5.69. The van der Waals surface area contributed by atoms with Gasteiger partial charge in [0.25, 0.3) is 17.3 Å². The molecule has 1 N–H and O–H groups in total. The van der Waals surface area contributed by atoms with E-state index in [1.807, 2.05) is 6.92 Å². The number of nitro benzene ring substituents is 1. The molecule has 0 aromatic heterocycles. The maximum atomic E-state index is 13.3. The van der Waals surface area contributed by atoms with Gasteiger partial charge in [0, 0.05) is 29.8 Å². The number of unbranched alkanes of at least 4 members (excludes halogenated alkanes) is 1. The second-order valence-corrected chi connectivity index (χ2v) is 5.69.